The summed E-state index contributed by atoms with van der Waals surface area (Å²) >= 11 is 0. The number of aromatic amines is 1. The second-order valence-corrected chi connectivity index (χ2v) is 6.33. The van der Waals surface area contributed by atoms with Crippen molar-refractivity contribution < 1.29 is 9.59 Å². The van der Waals surface area contributed by atoms with E-state index in [9.17, 15) is 9.59 Å². The summed E-state index contributed by atoms with van der Waals surface area (Å²) in [7, 11) is 0. The Morgan fingerprint density at radius 3 is 2.96 bits per heavy atom. The summed E-state index contributed by atoms with van der Waals surface area (Å²) in [5.41, 5.74) is 5.16. The Hall–Kier alpha value is -2.93. The molecule has 0 saturated carbocycles. The van der Waals surface area contributed by atoms with Gasteiger partial charge >= 0.3 is 0 Å². The minimum absolute atomic E-state index is 0.192. The first kappa shape index (κ1) is 15.6. The Balaban J connectivity index is 1.56. The largest absolute Gasteiger partial charge is 0.360 e. The zero-order valence-corrected chi connectivity index (χ0v) is 13.6. The number of H-pyrrole nitrogens is 1. The molecule has 1 saturated heterocycles. The number of benzene rings is 1. The van der Waals surface area contributed by atoms with E-state index in [1.54, 1.807) is 24.6 Å². The van der Waals surface area contributed by atoms with Gasteiger partial charge in [-0.15, -0.1) is 0 Å². The van der Waals surface area contributed by atoms with E-state index >= 15 is 0 Å². The molecule has 3 heterocycles. The van der Waals surface area contributed by atoms with Gasteiger partial charge in [-0.05, 0) is 50.1 Å². The Morgan fingerprint density at radius 1 is 1.28 bits per heavy atom. The maximum atomic E-state index is 12.2. The molecule has 1 aromatic heterocycles. The van der Waals surface area contributed by atoms with Gasteiger partial charge in [0.05, 0.1) is 11.8 Å². The van der Waals surface area contributed by atoms with Crippen LogP contribution in [-0.4, -0.2) is 36.1 Å². The summed E-state index contributed by atoms with van der Waals surface area (Å²) in [6.07, 6.45) is 9.04. The van der Waals surface area contributed by atoms with Crippen molar-refractivity contribution in [1.29, 1.82) is 0 Å². The van der Waals surface area contributed by atoms with Crippen LogP contribution in [0.1, 0.15) is 28.8 Å². The summed E-state index contributed by atoms with van der Waals surface area (Å²) < 4.78 is 0. The maximum Gasteiger partial charge on any atom is 0.272 e. The van der Waals surface area contributed by atoms with Gasteiger partial charge in [0.15, 0.2) is 0 Å². The van der Waals surface area contributed by atoms with Crippen LogP contribution in [0.5, 0.6) is 0 Å². The van der Waals surface area contributed by atoms with E-state index in [4.69, 9.17) is 0 Å². The van der Waals surface area contributed by atoms with Crippen molar-refractivity contribution in [3.8, 4) is 0 Å². The predicted octanol–water partition coefficient (Wildman–Crippen LogP) is 1.74. The third-order valence-electron chi connectivity index (χ3n) is 4.60. The van der Waals surface area contributed by atoms with Gasteiger partial charge in [0.25, 0.3) is 5.91 Å². The first-order chi connectivity index (χ1) is 12.2. The van der Waals surface area contributed by atoms with Gasteiger partial charge in [0, 0.05) is 28.4 Å². The number of carbonyl (C=O) groups excluding carboxylic acids is 2. The first-order valence-electron chi connectivity index (χ1n) is 8.39. The molecule has 0 unspecified atom stereocenters. The van der Waals surface area contributed by atoms with Crippen LogP contribution in [0.15, 0.2) is 35.6 Å². The molecule has 2 aliphatic heterocycles. The maximum absolute atomic E-state index is 12.2. The van der Waals surface area contributed by atoms with Crippen LogP contribution >= 0.6 is 0 Å². The number of nitrogens with one attached hydrogen (secondary N) is 4. The van der Waals surface area contributed by atoms with Crippen molar-refractivity contribution in [1.82, 2.24) is 15.7 Å². The summed E-state index contributed by atoms with van der Waals surface area (Å²) in [5.74, 6) is -0.0452. The number of nitrogens with zero attached hydrogens (tertiary/aromatic N) is 1. The van der Waals surface area contributed by atoms with Crippen molar-refractivity contribution in [3.05, 3.63) is 41.6 Å². The van der Waals surface area contributed by atoms with E-state index in [0.29, 0.717) is 17.2 Å². The highest BCUT2D eigenvalue weighted by Crippen LogP contribution is 2.27. The zero-order valence-electron chi connectivity index (χ0n) is 13.6. The normalized spacial score (nSPS) is 17.7. The van der Waals surface area contributed by atoms with E-state index in [1.165, 1.54) is 0 Å². The van der Waals surface area contributed by atoms with E-state index in [2.05, 4.69) is 26.1 Å². The van der Waals surface area contributed by atoms with Gasteiger partial charge in [-0.25, -0.2) is 5.43 Å². The molecule has 4 N–H and O–H groups in total. The third kappa shape index (κ3) is 3.18. The third-order valence-corrected chi connectivity index (χ3v) is 4.60. The average molecular weight is 337 g/mol. The molecule has 25 heavy (non-hydrogen) atoms. The lowest BCUT2D eigenvalue weighted by Gasteiger charge is -2.19. The number of hydrazone groups is 1. The Bertz CT molecular complexity index is 890. The number of amides is 2. The van der Waals surface area contributed by atoms with Crippen LogP contribution in [0.25, 0.3) is 10.9 Å². The minimum atomic E-state index is -0.291. The summed E-state index contributed by atoms with van der Waals surface area (Å²) in [6.45, 7) is 1.98. The summed E-state index contributed by atoms with van der Waals surface area (Å²) in [6, 6.07) is 3.50. The van der Waals surface area contributed by atoms with Gasteiger partial charge in [0.1, 0.15) is 0 Å². The second kappa shape index (κ2) is 6.52. The summed E-state index contributed by atoms with van der Waals surface area (Å²) in [5, 5.41) is 10.8. The molecule has 0 aliphatic carbocycles. The number of piperidine rings is 1. The number of allylic oxidation sites excluding steroid dienone is 1. The fourth-order valence-corrected chi connectivity index (χ4v) is 3.31. The van der Waals surface area contributed by atoms with E-state index in [-0.39, 0.29) is 11.8 Å². The molecule has 0 radical (unpaired) electrons. The highest BCUT2D eigenvalue weighted by atomic mass is 16.2. The molecule has 2 aromatic rings. The Kier molecular flexibility index (Phi) is 4.07. The van der Waals surface area contributed by atoms with Crippen LogP contribution in [0.3, 0.4) is 0 Å². The smallest absolute Gasteiger partial charge is 0.272 e. The minimum Gasteiger partial charge on any atom is -0.360 e. The van der Waals surface area contributed by atoms with Crippen molar-refractivity contribution in [2.45, 2.75) is 12.8 Å². The van der Waals surface area contributed by atoms with Crippen molar-refractivity contribution in [2.24, 2.45) is 11.0 Å². The molecule has 7 heteroatoms. The number of aromatic nitrogens is 1. The molecule has 1 fully saturated rings. The molecule has 128 valence electrons. The van der Waals surface area contributed by atoms with Gasteiger partial charge in [-0.1, -0.05) is 6.08 Å². The molecule has 7 nitrogen and oxygen atoms in total. The lowest BCUT2D eigenvalue weighted by molar-refractivity contribution is -0.111. The highest BCUT2D eigenvalue weighted by Gasteiger charge is 2.18. The van der Waals surface area contributed by atoms with E-state index < -0.39 is 0 Å². The monoisotopic (exact) mass is 337 g/mol. The molecule has 4 rings (SSSR count). The fourth-order valence-electron chi connectivity index (χ4n) is 3.31. The molecule has 0 bridgehead atoms. The van der Waals surface area contributed by atoms with Crippen LogP contribution in [0, 0.1) is 5.92 Å². The number of hydrogen-bond donors (Lipinski definition) is 4. The van der Waals surface area contributed by atoms with Crippen molar-refractivity contribution >= 4 is 34.6 Å². The zero-order chi connectivity index (χ0) is 17.2. The van der Waals surface area contributed by atoms with E-state index in [1.807, 2.05) is 12.1 Å². The number of hydrogen-bond acceptors (Lipinski definition) is 4. The Morgan fingerprint density at radius 2 is 2.12 bits per heavy atom. The highest BCUT2D eigenvalue weighted by molar-refractivity contribution is 6.15. The number of rotatable bonds is 3. The number of carbonyl (C=O) groups is 2. The van der Waals surface area contributed by atoms with Crippen molar-refractivity contribution in [2.75, 3.05) is 18.4 Å². The van der Waals surface area contributed by atoms with Gasteiger partial charge in [0.2, 0.25) is 5.91 Å². The predicted molar refractivity (Wildman–Crippen MR) is 96.7 cm³/mol. The second-order valence-electron chi connectivity index (χ2n) is 6.33. The molecule has 1 aromatic carbocycles. The lowest BCUT2D eigenvalue weighted by atomic mass is 9.98. The molecule has 0 spiro atoms. The standard InChI is InChI=1S/C18H19N5O2/c24-16(2-1-11-3-5-19-6-4-11)22-13-7-14-17-12(9-20-15(17)8-13)10-21-23-18(14)25/h1-2,7-11,19-20H,3-6H2,(H,22,24)(H,23,25)/b2-1+. The van der Waals surface area contributed by atoms with Crippen LogP contribution in [0.4, 0.5) is 5.69 Å². The van der Waals surface area contributed by atoms with Crippen molar-refractivity contribution in [3.63, 3.8) is 0 Å². The lowest BCUT2D eigenvalue weighted by Crippen LogP contribution is -2.26. The fraction of sp³-hybridized carbons (Fsp3) is 0.278. The molecule has 2 amide bonds. The first-order valence-corrected chi connectivity index (χ1v) is 8.39. The SMILES string of the molecule is O=C(/C=C/C1CCNCC1)Nc1cc2c3c(c[nH]c3c1)C=NNC2=O. The number of anilines is 1. The molecule has 0 atom stereocenters. The quantitative estimate of drug-likeness (QED) is 0.642. The topological polar surface area (TPSA) is 98.4 Å². The summed E-state index contributed by atoms with van der Waals surface area (Å²) in [4.78, 5) is 27.5. The van der Waals surface area contributed by atoms with Gasteiger partial charge < -0.3 is 15.6 Å². The van der Waals surface area contributed by atoms with E-state index in [0.717, 1.165) is 42.4 Å². The average Bonchev–Trinajstić information content (AvgIpc) is 2.95. The van der Waals surface area contributed by atoms with Gasteiger partial charge in [-0.3, -0.25) is 9.59 Å². The molecule has 2 aliphatic rings. The molecular formula is C18H19N5O2. The van der Waals surface area contributed by atoms with Crippen LogP contribution in [-0.2, 0) is 4.79 Å². The van der Waals surface area contributed by atoms with Gasteiger partial charge in [-0.2, -0.15) is 5.10 Å². The Labute approximate surface area is 144 Å². The van der Waals surface area contributed by atoms with Crippen LogP contribution < -0.4 is 16.1 Å². The van der Waals surface area contributed by atoms with Crippen LogP contribution in [0.2, 0.25) is 0 Å². The molecular weight excluding hydrogens is 318 g/mol.